The van der Waals surface area contributed by atoms with E-state index in [-0.39, 0.29) is 6.04 Å². The van der Waals surface area contributed by atoms with Gasteiger partial charge in [0.05, 0.1) is 26.4 Å². The van der Waals surface area contributed by atoms with Crippen LogP contribution >= 0.6 is 0 Å². The average molecular weight is 316 g/mol. The van der Waals surface area contributed by atoms with Gasteiger partial charge in [0.1, 0.15) is 11.6 Å². The lowest BCUT2D eigenvalue weighted by atomic mass is 10.3. The zero-order valence-electron chi connectivity index (χ0n) is 13.7. The third-order valence-corrected chi connectivity index (χ3v) is 3.51. The van der Waals surface area contributed by atoms with Gasteiger partial charge in [0, 0.05) is 18.3 Å². The second-order valence-corrected chi connectivity index (χ2v) is 5.23. The first-order valence-corrected chi connectivity index (χ1v) is 7.56. The number of guanidine groups is 1. The molecule has 0 spiro atoms. The maximum atomic E-state index is 6.16. The zero-order chi connectivity index (χ0) is 16.7. The number of nitrogens with zero attached hydrogens (tertiary/aromatic N) is 2. The van der Waals surface area contributed by atoms with Gasteiger partial charge < -0.3 is 25.4 Å². The Morgan fingerprint density at radius 3 is 3.09 bits per heavy atom. The summed E-state index contributed by atoms with van der Waals surface area (Å²) in [5, 5.41) is 3.22. The second kappa shape index (κ2) is 8.24. The Balaban J connectivity index is 2.15. The van der Waals surface area contributed by atoms with Crippen molar-refractivity contribution in [1.82, 2.24) is 4.90 Å². The number of aliphatic imine (C=N–C) groups is 1. The van der Waals surface area contributed by atoms with Crippen molar-refractivity contribution >= 4 is 11.6 Å². The summed E-state index contributed by atoms with van der Waals surface area (Å²) in [4.78, 5) is 6.53. The molecule has 3 N–H and O–H groups in total. The minimum Gasteiger partial charge on any atom is -0.497 e. The van der Waals surface area contributed by atoms with E-state index in [0.29, 0.717) is 25.0 Å². The third-order valence-electron chi connectivity index (χ3n) is 3.51. The minimum absolute atomic E-state index is 0.203. The topological polar surface area (TPSA) is 72.1 Å². The molecule has 2 rings (SSSR count). The number of anilines is 1. The summed E-state index contributed by atoms with van der Waals surface area (Å²) in [5.41, 5.74) is 7.03. The van der Waals surface area contributed by atoms with Gasteiger partial charge in [-0.05, 0) is 25.1 Å². The van der Waals surface area contributed by atoms with Crippen molar-refractivity contribution in [2.75, 3.05) is 32.2 Å². The molecule has 0 saturated carbocycles. The van der Waals surface area contributed by atoms with Crippen LogP contribution in [0.3, 0.4) is 0 Å². The van der Waals surface area contributed by atoms with E-state index in [0.717, 1.165) is 18.0 Å². The van der Waals surface area contributed by atoms with Crippen molar-refractivity contribution in [1.29, 1.82) is 0 Å². The Morgan fingerprint density at radius 2 is 2.39 bits per heavy atom. The van der Waals surface area contributed by atoms with Crippen molar-refractivity contribution in [3.05, 3.63) is 48.8 Å². The Morgan fingerprint density at radius 1 is 1.57 bits per heavy atom. The quantitative estimate of drug-likeness (QED) is 0.495. The van der Waals surface area contributed by atoms with Crippen LogP contribution in [0.25, 0.3) is 0 Å². The first-order valence-electron chi connectivity index (χ1n) is 7.56. The Bertz CT molecular complexity index is 598. The van der Waals surface area contributed by atoms with Crippen molar-refractivity contribution in [3.8, 4) is 5.75 Å². The molecule has 1 aromatic carbocycles. The van der Waals surface area contributed by atoms with Crippen LogP contribution in [-0.2, 0) is 4.74 Å². The molecule has 1 aliphatic rings. The smallest absolute Gasteiger partial charge is 0.198 e. The fourth-order valence-corrected chi connectivity index (χ4v) is 2.32. The molecule has 1 atom stereocenters. The number of rotatable bonds is 5. The van der Waals surface area contributed by atoms with Gasteiger partial charge >= 0.3 is 0 Å². The summed E-state index contributed by atoms with van der Waals surface area (Å²) in [6, 6.07) is 7.82. The summed E-state index contributed by atoms with van der Waals surface area (Å²) < 4.78 is 10.6. The standard InChI is InChI=1S/C17H24N4O2/c1-4-6-16(19-14-7-5-8-15(11-14)22-3)20-17(18)21-9-10-23-12-13(21)2/h4-8,11,13,19H,1,9-10,12H2,2-3H3,(H2,18,20)/b16-6-. The zero-order valence-corrected chi connectivity index (χ0v) is 13.7. The van der Waals surface area contributed by atoms with Gasteiger partial charge in [0.25, 0.3) is 0 Å². The lowest BCUT2D eigenvalue weighted by molar-refractivity contribution is 0.0326. The van der Waals surface area contributed by atoms with Crippen LogP contribution in [0.4, 0.5) is 5.69 Å². The predicted molar refractivity (Wildman–Crippen MR) is 93.5 cm³/mol. The monoisotopic (exact) mass is 316 g/mol. The lowest BCUT2D eigenvalue weighted by Gasteiger charge is -2.34. The number of allylic oxidation sites excluding steroid dienone is 2. The van der Waals surface area contributed by atoms with Gasteiger partial charge in [0.2, 0.25) is 0 Å². The SMILES string of the molecule is C=C/C=C(\N=C(/N)N1CCOCC1C)Nc1cccc(OC)c1. The van der Waals surface area contributed by atoms with Crippen molar-refractivity contribution < 1.29 is 9.47 Å². The van der Waals surface area contributed by atoms with Crippen LogP contribution in [0, 0.1) is 0 Å². The summed E-state index contributed by atoms with van der Waals surface area (Å²) in [6.07, 6.45) is 3.44. The molecule has 0 radical (unpaired) electrons. The molecule has 1 aromatic rings. The van der Waals surface area contributed by atoms with Gasteiger partial charge in [-0.15, -0.1) is 0 Å². The van der Waals surface area contributed by atoms with Crippen LogP contribution in [0.15, 0.2) is 53.8 Å². The second-order valence-electron chi connectivity index (χ2n) is 5.23. The fraction of sp³-hybridized carbons (Fsp3) is 0.353. The van der Waals surface area contributed by atoms with E-state index in [1.165, 1.54) is 0 Å². The Hall–Kier alpha value is -2.47. The number of benzene rings is 1. The predicted octanol–water partition coefficient (Wildman–Crippen LogP) is 2.17. The fourth-order valence-electron chi connectivity index (χ4n) is 2.32. The molecular formula is C17H24N4O2. The molecular weight excluding hydrogens is 292 g/mol. The normalized spacial score (nSPS) is 19.4. The van der Waals surface area contributed by atoms with Gasteiger partial charge in [-0.25, -0.2) is 0 Å². The van der Waals surface area contributed by atoms with Crippen LogP contribution in [0.1, 0.15) is 6.92 Å². The minimum atomic E-state index is 0.203. The van der Waals surface area contributed by atoms with E-state index in [1.807, 2.05) is 29.2 Å². The molecule has 0 aromatic heterocycles. The van der Waals surface area contributed by atoms with E-state index in [1.54, 1.807) is 19.3 Å². The molecule has 1 fully saturated rings. The first-order chi connectivity index (χ1) is 11.1. The molecule has 6 nitrogen and oxygen atoms in total. The molecule has 124 valence electrons. The number of morpholine rings is 1. The number of hydrogen-bond acceptors (Lipinski definition) is 4. The summed E-state index contributed by atoms with van der Waals surface area (Å²) in [6.45, 7) is 7.83. The van der Waals surface area contributed by atoms with Gasteiger partial charge in [-0.2, -0.15) is 4.99 Å². The molecule has 1 unspecified atom stereocenters. The van der Waals surface area contributed by atoms with E-state index in [9.17, 15) is 0 Å². The molecule has 6 heteroatoms. The summed E-state index contributed by atoms with van der Waals surface area (Å²) in [5.74, 6) is 1.85. The molecule has 23 heavy (non-hydrogen) atoms. The Labute approximate surface area is 137 Å². The highest BCUT2D eigenvalue weighted by molar-refractivity contribution is 5.80. The van der Waals surface area contributed by atoms with Crippen LogP contribution in [0.5, 0.6) is 5.75 Å². The van der Waals surface area contributed by atoms with Gasteiger partial charge in [0.15, 0.2) is 5.96 Å². The number of nitrogens with two attached hydrogens (primary N) is 1. The van der Waals surface area contributed by atoms with Crippen LogP contribution < -0.4 is 15.8 Å². The van der Waals surface area contributed by atoms with Crippen LogP contribution in [-0.4, -0.2) is 43.8 Å². The number of hydrogen-bond donors (Lipinski definition) is 2. The molecule has 0 amide bonds. The Kier molecular flexibility index (Phi) is 6.05. The molecule has 0 bridgehead atoms. The van der Waals surface area contributed by atoms with E-state index >= 15 is 0 Å². The van der Waals surface area contributed by atoms with Crippen LogP contribution in [0.2, 0.25) is 0 Å². The summed E-state index contributed by atoms with van der Waals surface area (Å²) >= 11 is 0. The molecule has 1 saturated heterocycles. The first kappa shape index (κ1) is 16.9. The highest BCUT2D eigenvalue weighted by Gasteiger charge is 2.20. The largest absolute Gasteiger partial charge is 0.497 e. The molecule has 1 heterocycles. The molecule has 1 aliphatic heterocycles. The lowest BCUT2D eigenvalue weighted by Crippen LogP contribution is -2.50. The van der Waals surface area contributed by atoms with E-state index < -0.39 is 0 Å². The van der Waals surface area contributed by atoms with Crippen molar-refractivity contribution in [2.45, 2.75) is 13.0 Å². The number of methoxy groups -OCH3 is 1. The van der Waals surface area contributed by atoms with Crippen molar-refractivity contribution in [3.63, 3.8) is 0 Å². The maximum Gasteiger partial charge on any atom is 0.198 e. The van der Waals surface area contributed by atoms with Crippen molar-refractivity contribution in [2.24, 2.45) is 10.7 Å². The number of ether oxygens (including phenoxy) is 2. The number of nitrogens with one attached hydrogen (secondary N) is 1. The maximum absolute atomic E-state index is 6.16. The van der Waals surface area contributed by atoms with Gasteiger partial charge in [-0.1, -0.05) is 18.7 Å². The molecule has 0 aliphatic carbocycles. The third kappa shape index (κ3) is 4.75. The summed E-state index contributed by atoms with van der Waals surface area (Å²) in [7, 11) is 1.63. The van der Waals surface area contributed by atoms with Gasteiger partial charge in [-0.3, -0.25) is 0 Å². The average Bonchev–Trinajstić information content (AvgIpc) is 2.55. The van der Waals surface area contributed by atoms with E-state index in [2.05, 4.69) is 23.8 Å². The highest BCUT2D eigenvalue weighted by atomic mass is 16.5. The van der Waals surface area contributed by atoms with E-state index in [4.69, 9.17) is 15.2 Å². The highest BCUT2D eigenvalue weighted by Crippen LogP contribution is 2.19.